The largest absolute Gasteiger partial charge is 0.478 e. The summed E-state index contributed by atoms with van der Waals surface area (Å²) in [6.07, 6.45) is -4.08. The van der Waals surface area contributed by atoms with Crippen LogP contribution in [0.1, 0.15) is 27.9 Å². The number of carboxylic acids is 1. The van der Waals surface area contributed by atoms with Gasteiger partial charge >= 0.3 is 12.1 Å². The van der Waals surface area contributed by atoms with Crippen LogP contribution >= 0.6 is 11.8 Å². The van der Waals surface area contributed by atoms with Crippen molar-refractivity contribution in [3.8, 4) is 0 Å². The first kappa shape index (κ1) is 15.0. The Kier molecular flexibility index (Phi) is 4.19. The van der Waals surface area contributed by atoms with Gasteiger partial charge in [-0.15, -0.1) is 0 Å². The fraction of sp³-hybridized carbons (Fsp3) is 0.545. The normalized spacial score (nSPS) is 20.9. The summed E-state index contributed by atoms with van der Waals surface area (Å²) in [5.74, 6) is -0.195. The van der Waals surface area contributed by atoms with Crippen LogP contribution in [0.25, 0.3) is 0 Å². The second kappa shape index (κ2) is 5.57. The molecule has 1 fully saturated rings. The number of aromatic nitrogens is 2. The van der Waals surface area contributed by atoms with Crippen LogP contribution in [0, 0.1) is 0 Å². The quantitative estimate of drug-likeness (QED) is 0.900. The molecule has 0 radical (unpaired) electrons. The molecule has 20 heavy (non-hydrogen) atoms. The Morgan fingerprint density at radius 2 is 2.25 bits per heavy atom. The molecule has 0 aliphatic carbocycles. The Morgan fingerprint density at radius 3 is 2.80 bits per heavy atom. The van der Waals surface area contributed by atoms with E-state index < -0.39 is 23.4 Å². The van der Waals surface area contributed by atoms with E-state index in [-0.39, 0.29) is 11.9 Å². The highest BCUT2D eigenvalue weighted by Crippen LogP contribution is 2.32. The number of rotatable bonds is 2. The molecule has 0 spiro atoms. The smallest absolute Gasteiger partial charge is 0.434 e. The van der Waals surface area contributed by atoms with Crippen molar-refractivity contribution in [3.05, 3.63) is 23.3 Å². The first-order valence-corrected chi connectivity index (χ1v) is 6.91. The second-order valence-electron chi connectivity index (χ2n) is 4.36. The van der Waals surface area contributed by atoms with Crippen LogP contribution in [0.15, 0.2) is 6.20 Å². The van der Waals surface area contributed by atoms with Crippen molar-refractivity contribution in [2.45, 2.75) is 12.2 Å². The third-order valence-corrected chi connectivity index (χ3v) is 4.02. The highest BCUT2D eigenvalue weighted by molar-refractivity contribution is 7.99. The summed E-state index contributed by atoms with van der Waals surface area (Å²) in [4.78, 5) is 20.0. The fourth-order valence-corrected chi connectivity index (χ4v) is 3.10. The van der Waals surface area contributed by atoms with E-state index in [0.717, 1.165) is 18.5 Å². The molecule has 1 aliphatic rings. The highest BCUT2D eigenvalue weighted by Gasteiger charge is 2.39. The van der Waals surface area contributed by atoms with E-state index in [9.17, 15) is 18.0 Å². The minimum Gasteiger partial charge on any atom is -0.478 e. The van der Waals surface area contributed by atoms with Crippen LogP contribution in [0.3, 0.4) is 0 Å². The lowest BCUT2D eigenvalue weighted by Crippen LogP contribution is -2.34. The van der Waals surface area contributed by atoms with Crippen LogP contribution in [-0.4, -0.2) is 51.0 Å². The Morgan fingerprint density at radius 1 is 1.55 bits per heavy atom. The van der Waals surface area contributed by atoms with Crippen LogP contribution in [-0.2, 0) is 6.18 Å². The summed E-state index contributed by atoms with van der Waals surface area (Å²) >= 11 is 1.61. The van der Waals surface area contributed by atoms with Gasteiger partial charge in [-0.05, 0) is 7.05 Å². The average molecular weight is 307 g/mol. The first-order chi connectivity index (χ1) is 9.30. The van der Waals surface area contributed by atoms with Crippen LogP contribution < -0.4 is 0 Å². The van der Waals surface area contributed by atoms with Crippen LogP contribution in [0.4, 0.5) is 13.2 Å². The molecule has 0 bridgehead atoms. The van der Waals surface area contributed by atoms with E-state index >= 15 is 0 Å². The van der Waals surface area contributed by atoms with Crippen molar-refractivity contribution in [2.75, 3.05) is 25.1 Å². The monoisotopic (exact) mass is 307 g/mol. The summed E-state index contributed by atoms with van der Waals surface area (Å²) in [5.41, 5.74) is -2.31. The SMILES string of the molecule is CN1CCSCC1c1ncc(C(=O)O)c(C(F)(F)F)n1. The van der Waals surface area contributed by atoms with Gasteiger partial charge < -0.3 is 5.11 Å². The van der Waals surface area contributed by atoms with E-state index in [2.05, 4.69) is 9.97 Å². The molecule has 1 N–H and O–H groups in total. The number of hydrogen-bond acceptors (Lipinski definition) is 5. The highest BCUT2D eigenvalue weighted by atomic mass is 32.2. The number of carboxylic acid groups (broad SMARTS) is 1. The maximum Gasteiger partial charge on any atom is 0.434 e. The maximum atomic E-state index is 12.9. The molecule has 1 unspecified atom stereocenters. The van der Waals surface area contributed by atoms with Gasteiger partial charge in [0.05, 0.1) is 6.04 Å². The lowest BCUT2D eigenvalue weighted by atomic mass is 10.2. The Hall–Kier alpha value is -1.35. The maximum absolute atomic E-state index is 12.9. The molecule has 0 aromatic carbocycles. The standard InChI is InChI=1S/C11H12F3N3O2S/c1-17-2-3-20-5-7(17)9-15-4-6(10(18)19)8(16-9)11(12,13)14/h4,7H,2-3,5H2,1H3,(H,18,19). The lowest BCUT2D eigenvalue weighted by molar-refractivity contribution is -0.142. The molecule has 1 aromatic rings. The summed E-state index contributed by atoms with van der Waals surface area (Å²) in [6, 6.07) is -0.335. The minimum absolute atomic E-state index is 0.0111. The van der Waals surface area contributed by atoms with Crippen molar-refractivity contribution >= 4 is 17.7 Å². The van der Waals surface area contributed by atoms with Crippen molar-refractivity contribution in [2.24, 2.45) is 0 Å². The number of carbonyl (C=O) groups is 1. The molecule has 0 saturated carbocycles. The Bertz CT molecular complexity index is 524. The second-order valence-corrected chi connectivity index (χ2v) is 5.51. The Balaban J connectivity index is 2.44. The molecular weight excluding hydrogens is 295 g/mol. The van der Waals surface area contributed by atoms with Crippen molar-refractivity contribution in [1.29, 1.82) is 0 Å². The molecule has 0 amide bonds. The Labute approximate surface area is 117 Å². The van der Waals surface area contributed by atoms with Gasteiger partial charge in [-0.3, -0.25) is 4.90 Å². The van der Waals surface area contributed by atoms with Gasteiger partial charge in [-0.2, -0.15) is 24.9 Å². The summed E-state index contributed by atoms with van der Waals surface area (Å²) in [6.45, 7) is 0.723. The van der Waals surface area contributed by atoms with Crippen molar-refractivity contribution < 1.29 is 23.1 Å². The fourth-order valence-electron chi connectivity index (χ4n) is 1.89. The number of alkyl halides is 3. The van der Waals surface area contributed by atoms with Crippen molar-refractivity contribution in [3.63, 3.8) is 0 Å². The predicted molar refractivity (Wildman–Crippen MR) is 66.7 cm³/mol. The zero-order valence-electron chi connectivity index (χ0n) is 10.5. The van der Waals surface area contributed by atoms with Gasteiger partial charge in [0.15, 0.2) is 5.69 Å². The van der Waals surface area contributed by atoms with Gasteiger partial charge in [0.1, 0.15) is 11.4 Å². The molecule has 1 saturated heterocycles. The van der Waals surface area contributed by atoms with Gasteiger partial charge in [-0.1, -0.05) is 0 Å². The van der Waals surface area contributed by atoms with Crippen LogP contribution in [0.5, 0.6) is 0 Å². The van der Waals surface area contributed by atoms with Crippen molar-refractivity contribution in [1.82, 2.24) is 14.9 Å². The molecule has 2 rings (SSSR count). The minimum atomic E-state index is -4.81. The van der Waals surface area contributed by atoms with E-state index in [1.54, 1.807) is 18.8 Å². The number of aromatic carboxylic acids is 1. The molecule has 9 heteroatoms. The third kappa shape index (κ3) is 3.04. The van der Waals surface area contributed by atoms with Gasteiger partial charge in [0, 0.05) is 24.2 Å². The molecule has 110 valence electrons. The van der Waals surface area contributed by atoms with E-state index in [1.165, 1.54) is 0 Å². The molecule has 1 aromatic heterocycles. The van der Waals surface area contributed by atoms with E-state index in [1.807, 2.05) is 4.90 Å². The summed E-state index contributed by atoms with van der Waals surface area (Å²) in [7, 11) is 1.78. The molecule has 5 nitrogen and oxygen atoms in total. The van der Waals surface area contributed by atoms with Gasteiger partial charge in [-0.25, -0.2) is 14.8 Å². The topological polar surface area (TPSA) is 66.3 Å². The molecule has 2 heterocycles. The number of nitrogens with zero attached hydrogens (tertiary/aromatic N) is 3. The molecule has 1 aliphatic heterocycles. The van der Waals surface area contributed by atoms with E-state index in [0.29, 0.717) is 5.75 Å². The molecular formula is C11H12F3N3O2S. The zero-order chi connectivity index (χ0) is 14.9. The number of thioether (sulfide) groups is 1. The van der Waals surface area contributed by atoms with Crippen LogP contribution in [0.2, 0.25) is 0 Å². The number of hydrogen-bond donors (Lipinski definition) is 1. The zero-order valence-corrected chi connectivity index (χ0v) is 11.3. The van der Waals surface area contributed by atoms with Gasteiger partial charge in [0.25, 0.3) is 0 Å². The first-order valence-electron chi connectivity index (χ1n) is 5.76. The summed E-state index contributed by atoms with van der Waals surface area (Å²) < 4.78 is 38.6. The van der Waals surface area contributed by atoms with E-state index in [4.69, 9.17) is 5.11 Å². The average Bonchev–Trinajstić information content (AvgIpc) is 2.37. The summed E-state index contributed by atoms with van der Waals surface area (Å²) in [5, 5.41) is 8.79. The molecule has 1 atom stereocenters. The number of halogens is 3. The lowest BCUT2D eigenvalue weighted by Gasteiger charge is -2.31. The van der Waals surface area contributed by atoms with Gasteiger partial charge in [0.2, 0.25) is 0 Å². The third-order valence-electron chi connectivity index (χ3n) is 3.00. The predicted octanol–water partition coefficient (Wildman–Crippen LogP) is 1.91.